The normalized spacial score (nSPS) is 12.8. The Labute approximate surface area is 242 Å². The number of nitriles is 1. The zero-order valence-corrected chi connectivity index (χ0v) is 25.2. The van der Waals surface area contributed by atoms with Gasteiger partial charge >= 0.3 is 24.2 Å². The first-order valence-corrected chi connectivity index (χ1v) is 14.5. The van der Waals surface area contributed by atoms with Gasteiger partial charge in [0.25, 0.3) is 0 Å². The fourth-order valence-electron chi connectivity index (χ4n) is 3.20. The second-order valence-electron chi connectivity index (χ2n) is 10.2. The lowest BCUT2D eigenvalue weighted by Crippen LogP contribution is -2.38. The van der Waals surface area contributed by atoms with Crippen LogP contribution < -0.4 is 9.64 Å². The maximum atomic E-state index is 14.2. The monoisotopic (exact) mass is 641 g/mol. The Morgan fingerprint density at radius 3 is 2.17 bits per heavy atom. The van der Waals surface area contributed by atoms with Crippen molar-refractivity contribution in [3.05, 3.63) is 33.6 Å². The maximum absolute atomic E-state index is 14.2. The average Bonchev–Trinajstić information content (AvgIpc) is 3.29. The summed E-state index contributed by atoms with van der Waals surface area (Å²) in [5.41, 5.74) is -3.13. The first-order valence-electron chi connectivity index (χ1n) is 12.0. The highest BCUT2D eigenvalue weighted by atomic mass is 32.2. The van der Waals surface area contributed by atoms with E-state index in [2.05, 4.69) is 9.72 Å². The Morgan fingerprint density at radius 1 is 1.10 bits per heavy atom. The number of amides is 1. The number of methoxy groups -OCH3 is 1. The number of hydrogen-bond donors (Lipinski definition) is 0. The van der Waals surface area contributed by atoms with Crippen LogP contribution in [0.4, 0.5) is 32.6 Å². The molecule has 2 rings (SSSR count). The minimum Gasteiger partial charge on any atom is -0.471 e. The molecule has 2 aromatic rings. The van der Waals surface area contributed by atoms with Crippen LogP contribution in [-0.2, 0) is 31.8 Å². The summed E-state index contributed by atoms with van der Waals surface area (Å²) in [6, 6.07) is 3.21. The predicted octanol–water partition coefficient (Wildman–Crippen LogP) is 6.00. The summed E-state index contributed by atoms with van der Waals surface area (Å²) in [5.74, 6) is -7.93. The van der Waals surface area contributed by atoms with Gasteiger partial charge in [-0.2, -0.15) is 27.2 Å². The van der Waals surface area contributed by atoms with Crippen molar-refractivity contribution in [3.8, 4) is 11.8 Å². The highest BCUT2D eigenvalue weighted by Crippen LogP contribution is 2.47. The van der Waals surface area contributed by atoms with Crippen molar-refractivity contribution in [2.45, 2.75) is 76.3 Å². The van der Waals surface area contributed by atoms with Crippen LogP contribution in [0.3, 0.4) is 0 Å². The van der Waals surface area contributed by atoms with E-state index in [1.165, 1.54) is 41.5 Å². The van der Waals surface area contributed by atoms with Crippen LogP contribution in [0.5, 0.6) is 5.75 Å². The quantitative estimate of drug-likeness (QED) is 0.239. The number of anilines is 1. The molecule has 2 heterocycles. The van der Waals surface area contributed by atoms with Gasteiger partial charge in [-0.15, -0.1) is 11.3 Å². The highest BCUT2D eigenvalue weighted by molar-refractivity contribution is 7.91. The van der Waals surface area contributed by atoms with Gasteiger partial charge in [0.2, 0.25) is 0 Å². The summed E-state index contributed by atoms with van der Waals surface area (Å²) in [4.78, 5) is 27.5. The zero-order valence-electron chi connectivity index (χ0n) is 23.6. The minimum absolute atomic E-state index is 0.181. The van der Waals surface area contributed by atoms with E-state index >= 15 is 0 Å². The topological polar surface area (TPSA) is 136 Å². The Bertz CT molecular complexity index is 1490. The van der Waals surface area contributed by atoms with E-state index in [9.17, 15) is 45.2 Å². The molecule has 0 radical (unpaired) electrons. The molecule has 0 aliphatic heterocycles. The Balaban J connectivity index is 2.86. The second kappa shape index (κ2) is 12.0. The second-order valence-corrected chi connectivity index (χ2v) is 13.5. The average molecular weight is 642 g/mol. The molecular weight excluding hydrogens is 613 g/mol. The lowest BCUT2D eigenvalue weighted by molar-refractivity contribution is -0.287. The van der Waals surface area contributed by atoms with E-state index in [-0.39, 0.29) is 17.1 Å². The lowest BCUT2D eigenvalue weighted by atomic mass is 10.1. The van der Waals surface area contributed by atoms with Crippen LogP contribution in [0.2, 0.25) is 0 Å². The predicted molar refractivity (Wildman–Crippen MR) is 140 cm³/mol. The molecule has 0 unspecified atom stereocenters. The maximum Gasteiger partial charge on any atom is 0.458 e. The lowest BCUT2D eigenvalue weighted by Gasteiger charge is -2.28. The van der Waals surface area contributed by atoms with Crippen molar-refractivity contribution in [1.29, 1.82) is 5.26 Å². The summed E-state index contributed by atoms with van der Waals surface area (Å²) in [7, 11) is -3.36. The van der Waals surface area contributed by atoms with Crippen LogP contribution >= 0.6 is 11.3 Å². The summed E-state index contributed by atoms with van der Waals surface area (Å²) in [6.45, 7) is 7.54. The number of hydrogen-bond acceptors (Lipinski definition) is 10. The van der Waals surface area contributed by atoms with Crippen LogP contribution in [0.1, 0.15) is 61.7 Å². The third-order valence-electron chi connectivity index (χ3n) is 5.21. The van der Waals surface area contributed by atoms with Crippen LogP contribution in [-0.4, -0.2) is 55.7 Å². The third kappa shape index (κ3) is 7.85. The number of nitrogens with zero attached hydrogens (tertiary/aromatic N) is 3. The molecule has 0 fully saturated rings. The summed E-state index contributed by atoms with van der Waals surface area (Å²) < 4.78 is 109. The summed E-state index contributed by atoms with van der Waals surface area (Å²) in [6.07, 6.45) is -6.29. The van der Waals surface area contributed by atoms with Crippen LogP contribution in [0.15, 0.2) is 23.2 Å². The molecule has 2 aromatic heterocycles. The third-order valence-corrected chi connectivity index (χ3v) is 8.17. The molecule has 10 nitrogen and oxygen atoms in total. The molecule has 0 bridgehead atoms. The van der Waals surface area contributed by atoms with Gasteiger partial charge < -0.3 is 14.2 Å². The molecule has 0 saturated heterocycles. The number of thiophene rings is 1. The molecule has 0 saturated carbocycles. The van der Waals surface area contributed by atoms with Gasteiger partial charge in [-0.3, -0.25) is 4.90 Å². The molecule has 17 heteroatoms. The molecule has 0 aliphatic rings. The summed E-state index contributed by atoms with van der Waals surface area (Å²) >= 11 is -0.199. The molecule has 0 N–H and O–H groups in total. The van der Waals surface area contributed by atoms with E-state index in [1.807, 2.05) is 6.07 Å². The van der Waals surface area contributed by atoms with E-state index in [1.54, 1.807) is 0 Å². The van der Waals surface area contributed by atoms with Crippen molar-refractivity contribution < 1.29 is 54.2 Å². The molecule has 0 atom stereocenters. The van der Waals surface area contributed by atoms with Crippen molar-refractivity contribution >= 4 is 39.1 Å². The van der Waals surface area contributed by atoms with Gasteiger partial charge in [0.15, 0.2) is 21.3 Å². The number of rotatable bonds is 9. The largest absolute Gasteiger partial charge is 0.471 e. The Morgan fingerprint density at radius 2 is 1.69 bits per heavy atom. The van der Waals surface area contributed by atoms with Gasteiger partial charge in [0, 0.05) is 6.07 Å². The summed E-state index contributed by atoms with van der Waals surface area (Å²) in [5, 5.41) is 9.28. The first kappa shape index (κ1) is 34.7. The van der Waals surface area contributed by atoms with Gasteiger partial charge in [-0.05, 0) is 46.2 Å². The van der Waals surface area contributed by atoms with E-state index in [0.717, 1.165) is 19.4 Å². The van der Waals surface area contributed by atoms with Gasteiger partial charge in [0.1, 0.15) is 27.2 Å². The number of ether oxygens (including phenoxy) is 3. The number of carbonyl (C=O) groups is 2. The number of esters is 1. The molecule has 0 aliphatic carbocycles. The van der Waals surface area contributed by atoms with Crippen LogP contribution in [0, 0.1) is 11.3 Å². The Kier molecular flexibility index (Phi) is 9.91. The minimum atomic E-state index is -6.01. The van der Waals surface area contributed by atoms with Crippen molar-refractivity contribution in [1.82, 2.24) is 4.98 Å². The standard InChI is InChI=1S/C25H28F5N3O7S2/c1-8-42(36,37)16-10-15(39-23(5,6)13-31)11-32-19(16)33(21(35)40-22(2,3)4)12-14-9-17(24(26,27)25(28,29)30)41-18(14)20(34)38-7/h9-11H,8,12H2,1-7H3. The number of alkyl halides is 5. The van der Waals surface area contributed by atoms with Crippen molar-refractivity contribution in [2.24, 2.45) is 0 Å². The first-order chi connectivity index (χ1) is 19.0. The van der Waals surface area contributed by atoms with Gasteiger partial charge in [0.05, 0.1) is 30.5 Å². The fraction of sp³-hybridized carbons (Fsp3) is 0.520. The molecule has 0 spiro atoms. The number of sulfone groups is 1. The van der Waals surface area contributed by atoms with Gasteiger partial charge in [-0.25, -0.2) is 23.0 Å². The van der Waals surface area contributed by atoms with Crippen molar-refractivity contribution in [3.63, 3.8) is 0 Å². The fourth-order valence-corrected chi connectivity index (χ4v) is 5.33. The smallest absolute Gasteiger partial charge is 0.458 e. The number of halogens is 5. The SMILES string of the molecule is CCS(=O)(=O)c1cc(OC(C)(C)C#N)cnc1N(Cc1cc(C(F)(F)C(F)(F)F)sc1C(=O)OC)C(=O)OC(C)(C)C. The molecule has 42 heavy (non-hydrogen) atoms. The molecular formula is C25H28F5N3O7S2. The molecule has 232 valence electrons. The number of aromatic nitrogens is 1. The van der Waals surface area contributed by atoms with E-state index < -0.39 is 83.5 Å². The molecule has 1 amide bonds. The van der Waals surface area contributed by atoms with Gasteiger partial charge in [-0.1, -0.05) is 6.92 Å². The molecule has 0 aromatic carbocycles. The van der Waals surface area contributed by atoms with E-state index in [4.69, 9.17) is 9.47 Å². The van der Waals surface area contributed by atoms with E-state index in [0.29, 0.717) is 11.0 Å². The number of pyridine rings is 1. The van der Waals surface area contributed by atoms with Crippen molar-refractivity contribution in [2.75, 3.05) is 17.8 Å². The zero-order chi connectivity index (χ0) is 32.5. The number of carbonyl (C=O) groups excluding carboxylic acids is 2. The van der Waals surface area contributed by atoms with Crippen LogP contribution in [0.25, 0.3) is 0 Å². The highest BCUT2D eigenvalue weighted by Gasteiger charge is 2.60. The Hall–Kier alpha value is -3.52.